The average molecular weight is 289 g/mol. The summed E-state index contributed by atoms with van der Waals surface area (Å²) in [4.78, 5) is 4.33. The van der Waals surface area contributed by atoms with Gasteiger partial charge < -0.3 is 10.1 Å². The van der Waals surface area contributed by atoms with Crippen LogP contribution in [0.5, 0.6) is 5.88 Å². The summed E-state index contributed by atoms with van der Waals surface area (Å²) >= 11 is 12.1. The number of hydrogen-bond acceptors (Lipinski definition) is 3. The van der Waals surface area contributed by atoms with Gasteiger partial charge in [-0.05, 0) is 24.8 Å². The predicted octanol–water partition coefficient (Wildman–Crippen LogP) is 4.39. The molecule has 5 heteroatoms. The third kappa shape index (κ3) is 3.92. The maximum Gasteiger partial charge on any atom is 0.234 e. The van der Waals surface area contributed by atoms with Crippen molar-refractivity contribution in [3.8, 4) is 5.88 Å². The Morgan fingerprint density at radius 2 is 2.17 bits per heavy atom. The first-order chi connectivity index (χ1) is 8.70. The molecule has 1 aliphatic carbocycles. The molecule has 0 amide bonds. The fourth-order valence-corrected chi connectivity index (χ4v) is 2.13. The Kier molecular flexibility index (Phi) is 4.95. The lowest BCUT2D eigenvalue weighted by Gasteiger charge is -2.11. The van der Waals surface area contributed by atoms with E-state index in [0.717, 1.165) is 25.3 Å². The Hall–Kier alpha value is -0.670. The van der Waals surface area contributed by atoms with E-state index in [1.165, 1.54) is 12.8 Å². The van der Waals surface area contributed by atoms with E-state index >= 15 is 0 Å². The van der Waals surface area contributed by atoms with E-state index in [0.29, 0.717) is 28.3 Å². The van der Waals surface area contributed by atoms with E-state index < -0.39 is 0 Å². The summed E-state index contributed by atoms with van der Waals surface area (Å²) in [5.74, 6) is 1.96. The number of pyridine rings is 1. The smallest absolute Gasteiger partial charge is 0.234 e. The number of anilines is 1. The van der Waals surface area contributed by atoms with Crippen LogP contribution < -0.4 is 10.1 Å². The van der Waals surface area contributed by atoms with Gasteiger partial charge in [-0.2, -0.15) is 4.98 Å². The summed E-state index contributed by atoms with van der Waals surface area (Å²) < 4.78 is 5.62. The summed E-state index contributed by atoms with van der Waals surface area (Å²) in [7, 11) is 0. The molecule has 0 bridgehead atoms. The summed E-state index contributed by atoms with van der Waals surface area (Å²) in [6.45, 7) is 3.59. The van der Waals surface area contributed by atoms with Crippen molar-refractivity contribution in [3.63, 3.8) is 0 Å². The Morgan fingerprint density at radius 3 is 2.83 bits per heavy atom. The minimum atomic E-state index is 0.470. The van der Waals surface area contributed by atoms with E-state index in [1.807, 2.05) is 0 Å². The highest BCUT2D eigenvalue weighted by Gasteiger charge is 2.21. The van der Waals surface area contributed by atoms with Crippen molar-refractivity contribution in [2.75, 3.05) is 18.5 Å². The van der Waals surface area contributed by atoms with Gasteiger partial charge in [0.15, 0.2) is 0 Å². The zero-order valence-electron chi connectivity index (χ0n) is 10.5. The molecule has 1 aromatic rings. The number of hydrogen-bond donors (Lipinski definition) is 1. The molecule has 0 atom stereocenters. The van der Waals surface area contributed by atoms with Crippen molar-refractivity contribution in [1.82, 2.24) is 4.98 Å². The van der Waals surface area contributed by atoms with Crippen molar-refractivity contribution in [2.24, 2.45) is 5.92 Å². The molecule has 0 radical (unpaired) electrons. The van der Waals surface area contributed by atoms with Crippen LogP contribution >= 0.6 is 23.2 Å². The Bertz CT molecular complexity index is 408. The van der Waals surface area contributed by atoms with Gasteiger partial charge in [-0.1, -0.05) is 43.0 Å². The molecule has 1 fully saturated rings. The number of aromatic nitrogens is 1. The number of halogens is 2. The second-order valence-electron chi connectivity index (χ2n) is 4.61. The molecule has 3 nitrogen and oxygen atoms in total. The zero-order valence-corrected chi connectivity index (χ0v) is 12.0. The lowest BCUT2D eigenvalue weighted by Crippen LogP contribution is -2.06. The first-order valence-electron chi connectivity index (χ1n) is 6.43. The van der Waals surface area contributed by atoms with Gasteiger partial charge in [-0.25, -0.2) is 0 Å². The summed E-state index contributed by atoms with van der Waals surface area (Å²) in [5, 5.41) is 4.16. The zero-order chi connectivity index (χ0) is 13.0. The van der Waals surface area contributed by atoms with E-state index in [1.54, 1.807) is 6.07 Å². The van der Waals surface area contributed by atoms with Gasteiger partial charge in [0.25, 0.3) is 0 Å². The van der Waals surface area contributed by atoms with E-state index in [9.17, 15) is 0 Å². The van der Waals surface area contributed by atoms with Crippen LogP contribution in [-0.4, -0.2) is 18.1 Å². The average Bonchev–Trinajstić information content (AvgIpc) is 3.14. The van der Waals surface area contributed by atoms with E-state index in [4.69, 9.17) is 27.9 Å². The van der Waals surface area contributed by atoms with E-state index in [2.05, 4.69) is 17.2 Å². The molecule has 1 N–H and O–H groups in total. The van der Waals surface area contributed by atoms with Gasteiger partial charge in [-0.3, -0.25) is 0 Å². The van der Waals surface area contributed by atoms with Gasteiger partial charge in [0.1, 0.15) is 10.8 Å². The van der Waals surface area contributed by atoms with Crippen LogP contribution in [0.15, 0.2) is 6.07 Å². The number of ether oxygens (including phenoxy) is 1. The Balaban J connectivity index is 1.97. The number of nitrogens with zero attached hydrogens (tertiary/aromatic N) is 1. The maximum absolute atomic E-state index is 6.07. The lowest BCUT2D eigenvalue weighted by atomic mass is 10.3. The lowest BCUT2D eigenvalue weighted by molar-refractivity contribution is 0.292. The molecular weight excluding hydrogens is 271 g/mol. The van der Waals surface area contributed by atoms with Crippen LogP contribution in [0.3, 0.4) is 0 Å². The van der Waals surface area contributed by atoms with Crippen molar-refractivity contribution in [2.45, 2.75) is 32.6 Å². The fraction of sp³-hybridized carbons (Fsp3) is 0.615. The van der Waals surface area contributed by atoms with E-state index in [-0.39, 0.29) is 0 Å². The second kappa shape index (κ2) is 6.48. The van der Waals surface area contributed by atoms with Crippen LogP contribution in [0.25, 0.3) is 0 Å². The monoisotopic (exact) mass is 288 g/mol. The van der Waals surface area contributed by atoms with Gasteiger partial charge in [-0.15, -0.1) is 0 Å². The Labute approximate surface area is 118 Å². The van der Waals surface area contributed by atoms with Crippen molar-refractivity contribution in [1.29, 1.82) is 0 Å². The molecule has 0 saturated heterocycles. The molecule has 1 aliphatic rings. The molecule has 0 aromatic carbocycles. The fourth-order valence-electron chi connectivity index (χ4n) is 1.65. The van der Waals surface area contributed by atoms with Gasteiger partial charge in [0.05, 0.1) is 11.6 Å². The molecule has 1 aromatic heterocycles. The largest absolute Gasteiger partial charge is 0.477 e. The normalized spacial score (nSPS) is 14.6. The molecular formula is C13H18Cl2N2O. The number of nitrogens with one attached hydrogen (secondary N) is 1. The highest BCUT2D eigenvalue weighted by atomic mass is 35.5. The first kappa shape index (κ1) is 13.8. The topological polar surface area (TPSA) is 34.2 Å². The molecule has 2 rings (SSSR count). The molecule has 100 valence electrons. The third-order valence-electron chi connectivity index (χ3n) is 2.90. The molecule has 1 saturated carbocycles. The molecule has 18 heavy (non-hydrogen) atoms. The van der Waals surface area contributed by atoms with Crippen LogP contribution in [-0.2, 0) is 0 Å². The highest BCUT2D eigenvalue weighted by molar-refractivity contribution is 6.36. The molecule has 1 heterocycles. The highest BCUT2D eigenvalue weighted by Crippen LogP contribution is 2.34. The van der Waals surface area contributed by atoms with Gasteiger partial charge in [0, 0.05) is 6.54 Å². The quantitative estimate of drug-likeness (QED) is 0.808. The summed E-state index contributed by atoms with van der Waals surface area (Å²) in [6.07, 6.45) is 4.75. The SMILES string of the molecule is CCCNc1nc(OCCC2CC2)c(Cl)cc1Cl. The second-order valence-corrected chi connectivity index (χ2v) is 5.43. The van der Waals surface area contributed by atoms with Gasteiger partial charge in [0.2, 0.25) is 5.88 Å². The third-order valence-corrected chi connectivity index (χ3v) is 3.46. The first-order valence-corrected chi connectivity index (χ1v) is 7.19. The summed E-state index contributed by atoms with van der Waals surface area (Å²) in [5.41, 5.74) is 0. The molecule has 0 unspecified atom stereocenters. The van der Waals surface area contributed by atoms with Crippen LogP contribution in [0.4, 0.5) is 5.82 Å². The standard InChI is InChI=1S/C13H18Cl2N2O/c1-2-6-16-12-10(14)8-11(15)13(17-12)18-7-5-9-3-4-9/h8-9H,2-7H2,1H3,(H,16,17). The van der Waals surface area contributed by atoms with Crippen LogP contribution in [0.1, 0.15) is 32.6 Å². The van der Waals surface area contributed by atoms with Crippen molar-refractivity contribution < 1.29 is 4.74 Å². The van der Waals surface area contributed by atoms with Crippen molar-refractivity contribution in [3.05, 3.63) is 16.1 Å². The predicted molar refractivity (Wildman–Crippen MR) is 75.9 cm³/mol. The molecule has 0 aliphatic heterocycles. The minimum absolute atomic E-state index is 0.470. The molecule has 0 spiro atoms. The van der Waals surface area contributed by atoms with Crippen LogP contribution in [0.2, 0.25) is 10.0 Å². The Morgan fingerprint density at radius 1 is 1.39 bits per heavy atom. The maximum atomic E-state index is 6.07. The summed E-state index contributed by atoms with van der Waals surface area (Å²) in [6, 6.07) is 1.68. The van der Waals surface area contributed by atoms with Crippen molar-refractivity contribution >= 4 is 29.0 Å². The number of rotatable bonds is 7. The van der Waals surface area contributed by atoms with Crippen LogP contribution in [0, 0.1) is 5.92 Å². The van der Waals surface area contributed by atoms with Gasteiger partial charge >= 0.3 is 0 Å². The minimum Gasteiger partial charge on any atom is -0.477 e.